The highest BCUT2D eigenvalue weighted by Crippen LogP contribution is 2.30. The first-order chi connectivity index (χ1) is 9.77. The topological polar surface area (TPSA) is 15.9 Å². The zero-order chi connectivity index (χ0) is 13.9. The predicted octanol–water partition coefficient (Wildman–Crippen LogP) is 3.73. The SMILES string of the molecule is C=[N+]1C=CC=C[C-]1c1cccc(-c2ccccn2)c1C. The van der Waals surface area contributed by atoms with Crippen LogP contribution in [-0.2, 0) is 0 Å². The quantitative estimate of drug-likeness (QED) is 0.593. The first-order valence-electron chi connectivity index (χ1n) is 6.60. The van der Waals surface area contributed by atoms with E-state index in [1.54, 1.807) is 0 Å². The number of nitrogens with zero attached hydrogens (tertiary/aromatic N) is 2. The largest absolute Gasteiger partial charge is 0.257 e. The van der Waals surface area contributed by atoms with Gasteiger partial charge >= 0.3 is 0 Å². The molecule has 1 aromatic carbocycles. The monoisotopic (exact) mass is 260 g/mol. The van der Waals surface area contributed by atoms with Crippen LogP contribution in [0.4, 0.5) is 0 Å². The molecule has 0 spiro atoms. The molecule has 2 aromatic rings. The van der Waals surface area contributed by atoms with Crippen LogP contribution >= 0.6 is 0 Å². The maximum absolute atomic E-state index is 4.44. The molecule has 0 atom stereocenters. The average Bonchev–Trinajstić information content (AvgIpc) is 2.49. The van der Waals surface area contributed by atoms with Crippen LogP contribution in [0.5, 0.6) is 0 Å². The third-order valence-electron chi connectivity index (χ3n) is 3.49. The molecule has 1 aliphatic heterocycles. The molecule has 2 heterocycles. The van der Waals surface area contributed by atoms with Crippen molar-refractivity contribution in [3.8, 4) is 11.3 Å². The average molecular weight is 260 g/mol. The Bertz CT molecular complexity index is 697. The molecule has 1 aromatic heterocycles. The van der Waals surface area contributed by atoms with Gasteiger partial charge in [-0.15, -0.1) is 12.1 Å². The van der Waals surface area contributed by atoms with E-state index < -0.39 is 0 Å². The van der Waals surface area contributed by atoms with Crippen LogP contribution in [-0.4, -0.2) is 16.3 Å². The van der Waals surface area contributed by atoms with E-state index in [9.17, 15) is 0 Å². The maximum Gasteiger partial charge on any atom is 0.147 e. The van der Waals surface area contributed by atoms with Crippen LogP contribution in [0, 0.1) is 13.0 Å². The summed E-state index contributed by atoms with van der Waals surface area (Å²) in [5.41, 5.74) is 4.56. The van der Waals surface area contributed by atoms with Gasteiger partial charge in [-0.1, -0.05) is 36.8 Å². The van der Waals surface area contributed by atoms with Gasteiger partial charge < -0.3 is 0 Å². The smallest absolute Gasteiger partial charge is 0.147 e. The molecule has 0 amide bonds. The lowest BCUT2D eigenvalue weighted by Gasteiger charge is -2.20. The summed E-state index contributed by atoms with van der Waals surface area (Å²) in [5, 5.41) is 0. The fourth-order valence-corrected chi connectivity index (χ4v) is 2.43. The summed E-state index contributed by atoms with van der Waals surface area (Å²) in [7, 11) is 0. The molecule has 2 heteroatoms. The molecule has 98 valence electrons. The molecule has 3 rings (SSSR count). The van der Waals surface area contributed by atoms with Gasteiger partial charge in [0.1, 0.15) is 12.2 Å². The molecule has 0 bridgehead atoms. The van der Waals surface area contributed by atoms with Gasteiger partial charge in [0.15, 0.2) is 0 Å². The molecule has 0 radical (unpaired) electrons. The number of benzene rings is 1. The van der Waals surface area contributed by atoms with Gasteiger partial charge in [-0.3, -0.25) is 9.56 Å². The van der Waals surface area contributed by atoms with Crippen LogP contribution in [0.2, 0.25) is 0 Å². The first-order valence-corrected chi connectivity index (χ1v) is 6.60. The Balaban J connectivity index is 2.09. The lowest BCUT2D eigenvalue weighted by molar-refractivity contribution is -0.417. The van der Waals surface area contributed by atoms with E-state index in [0.717, 1.165) is 17.3 Å². The second-order valence-corrected chi connectivity index (χ2v) is 4.75. The molecule has 0 unspecified atom stereocenters. The third-order valence-corrected chi connectivity index (χ3v) is 3.49. The summed E-state index contributed by atoms with van der Waals surface area (Å²) >= 11 is 0. The van der Waals surface area contributed by atoms with E-state index in [4.69, 9.17) is 0 Å². The highest BCUT2D eigenvalue weighted by molar-refractivity contribution is 5.66. The van der Waals surface area contributed by atoms with Crippen molar-refractivity contribution in [2.24, 2.45) is 0 Å². The molecule has 0 saturated carbocycles. The Morgan fingerprint density at radius 1 is 1.10 bits per heavy atom. The standard InChI is InChI=1S/C18H16N2/c1-14-15(17-10-3-5-12-19-17)8-7-9-16(14)18-11-4-6-13-20(18)2/h3-13H,2H2,1H3. The second-order valence-electron chi connectivity index (χ2n) is 4.75. The third kappa shape index (κ3) is 2.16. The Morgan fingerprint density at radius 3 is 2.75 bits per heavy atom. The fourth-order valence-electron chi connectivity index (χ4n) is 2.43. The Kier molecular flexibility index (Phi) is 3.21. The lowest BCUT2D eigenvalue weighted by atomic mass is 9.94. The van der Waals surface area contributed by atoms with E-state index in [1.165, 1.54) is 11.1 Å². The number of hydrogen-bond acceptors (Lipinski definition) is 1. The van der Waals surface area contributed by atoms with Crippen LogP contribution in [0.1, 0.15) is 11.1 Å². The summed E-state index contributed by atoms with van der Waals surface area (Å²) in [6.45, 7) is 6.17. The molecule has 0 N–H and O–H groups in total. The van der Waals surface area contributed by atoms with Crippen LogP contribution in [0.3, 0.4) is 0 Å². The van der Waals surface area contributed by atoms with E-state index >= 15 is 0 Å². The fraction of sp³-hybridized carbons (Fsp3) is 0.0556. The van der Waals surface area contributed by atoms with E-state index in [0.29, 0.717) is 0 Å². The highest BCUT2D eigenvalue weighted by Gasteiger charge is 2.17. The molecular weight excluding hydrogens is 244 g/mol. The molecule has 2 nitrogen and oxygen atoms in total. The van der Waals surface area contributed by atoms with Crippen LogP contribution < -0.4 is 0 Å². The van der Waals surface area contributed by atoms with Gasteiger partial charge in [-0.25, -0.2) is 0 Å². The van der Waals surface area contributed by atoms with Gasteiger partial charge in [-0.05, 0) is 29.3 Å². The summed E-state index contributed by atoms with van der Waals surface area (Å²) < 4.78 is 1.89. The Labute approximate surface area is 119 Å². The Morgan fingerprint density at radius 2 is 2.00 bits per heavy atom. The lowest BCUT2D eigenvalue weighted by Crippen LogP contribution is -2.14. The number of rotatable bonds is 2. The minimum atomic E-state index is 0.999. The van der Waals surface area contributed by atoms with Crippen molar-refractivity contribution in [2.75, 3.05) is 0 Å². The number of pyridine rings is 1. The van der Waals surface area contributed by atoms with Crippen molar-refractivity contribution in [3.05, 3.63) is 84.2 Å². The zero-order valence-electron chi connectivity index (χ0n) is 11.5. The molecule has 1 aliphatic rings. The van der Waals surface area contributed by atoms with Gasteiger partial charge in [0.05, 0.1) is 12.4 Å². The van der Waals surface area contributed by atoms with Gasteiger partial charge in [0.25, 0.3) is 0 Å². The van der Waals surface area contributed by atoms with Gasteiger partial charge in [0.2, 0.25) is 0 Å². The summed E-state index contributed by atoms with van der Waals surface area (Å²) in [5.74, 6) is 0. The van der Waals surface area contributed by atoms with Gasteiger partial charge in [-0.2, -0.15) is 0 Å². The normalized spacial score (nSPS) is 13.8. The van der Waals surface area contributed by atoms with Crippen molar-refractivity contribution < 1.29 is 4.58 Å². The Hall–Kier alpha value is -2.61. The first kappa shape index (κ1) is 12.4. The summed E-state index contributed by atoms with van der Waals surface area (Å²) in [4.78, 5) is 4.44. The molecule has 0 aliphatic carbocycles. The van der Waals surface area contributed by atoms with E-state index in [2.05, 4.69) is 42.9 Å². The van der Waals surface area contributed by atoms with E-state index in [-0.39, 0.29) is 0 Å². The predicted molar refractivity (Wildman–Crippen MR) is 82.4 cm³/mol. The number of aromatic nitrogens is 1. The molecule has 0 fully saturated rings. The van der Waals surface area contributed by atoms with Crippen molar-refractivity contribution in [1.82, 2.24) is 4.98 Å². The van der Waals surface area contributed by atoms with Crippen molar-refractivity contribution in [1.29, 1.82) is 0 Å². The number of allylic oxidation sites excluding steroid dienone is 2. The zero-order valence-corrected chi connectivity index (χ0v) is 11.5. The summed E-state index contributed by atoms with van der Waals surface area (Å²) in [6, 6.07) is 13.4. The molecule has 20 heavy (non-hydrogen) atoms. The maximum atomic E-state index is 4.44. The van der Waals surface area contributed by atoms with Gasteiger partial charge in [0, 0.05) is 6.20 Å². The van der Waals surface area contributed by atoms with Crippen molar-refractivity contribution in [2.45, 2.75) is 6.92 Å². The minimum Gasteiger partial charge on any atom is -0.257 e. The molecular formula is C18H16N2. The number of hydrogen-bond donors (Lipinski definition) is 0. The summed E-state index contributed by atoms with van der Waals surface area (Å²) in [6.07, 6.45) is 9.88. The van der Waals surface area contributed by atoms with Crippen LogP contribution in [0.15, 0.2) is 67.0 Å². The molecule has 0 saturated heterocycles. The van der Waals surface area contributed by atoms with Crippen LogP contribution in [0.25, 0.3) is 11.3 Å². The van der Waals surface area contributed by atoms with Crippen molar-refractivity contribution in [3.63, 3.8) is 0 Å². The van der Waals surface area contributed by atoms with Crippen molar-refractivity contribution >= 4 is 6.72 Å². The highest BCUT2D eigenvalue weighted by atomic mass is 15.0. The second kappa shape index (κ2) is 5.17. The van der Waals surface area contributed by atoms with E-state index in [1.807, 2.05) is 47.3 Å². The minimum absolute atomic E-state index is 0.999.